The Morgan fingerprint density at radius 2 is 0.607 bits per heavy atom. The number of carbonyl (C=O) groups excluding carboxylic acids is 2. The second kappa shape index (κ2) is 45.4. The molecule has 687 valence electrons. The van der Waals surface area contributed by atoms with Crippen molar-refractivity contribution >= 4 is 123 Å². The number of nitrogens with zero attached hydrogens (tertiary/aromatic N) is 6. The SMILES string of the molecule is C=P(C)(C)CC[C@H]1O[C@@H](n2cc(CC(C)=O)c(=O)[nH]c2=O)C(O)[C@@H]1O.C=P(C)(C)CC[C@H]1O[C@@H](n2cc(CC(C)=O)c(=O)[nH]c2=S)C(O)[C@@H]1O.C=P(C)(C)CC[C@H]1O[C@@H](n2cc(CNC)c(=O)[nH]c2=O)C(O)[C@@H]1O.C=P(C)(C)CC[C@H]1O[C@@H](n2cc(CNC)c(=O)[nH]c2=S)C(O)[C@@H]1O.C=P(C)(C)CC[C@H]1O[C@@H](n2cc(CNC)c(=O)nc2[Se])C(O)[C@@H]1O. The van der Waals surface area contributed by atoms with E-state index in [0.29, 0.717) is 66.6 Å². The van der Waals surface area contributed by atoms with Crippen molar-refractivity contribution in [1.29, 1.82) is 0 Å². The van der Waals surface area contributed by atoms with Crippen LogP contribution in [-0.2, 0) is 65.7 Å². The van der Waals surface area contributed by atoms with Crippen molar-refractivity contribution in [3.05, 3.63) is 141 Å². The van der Waals surface area contributed by atoms with Crippen LogP contribution in [0, 0.1) is 9.54 Å². The molecule has 0 bridgehead atoms. The number of Topliss-reactive ketones (excluding diaryl/α,β-unsaturated/α-hetero) is 2. The number of hydrogen-bond acceptors (Lipinski definition) is 30. The Kier molecular flexibility index (Phi) is 39.4. The molecule has 5 aliphatic rings. The van der Waals surface area contributed by atoms with Crippen LogP contribution >= 0.6 is 58.9 Å². The third-order valence-electron chi connectivity index (χ3n) is 20.3. The van der Waals surface area contributed by atoms with Crippen LogP contribution < -0.4 is 59.8 Å². The van der Waals surface area contributed by atoms with Crippen molar-refractivity contribution in [2.45, 2.75) is 201 Å². The summed E-state index contributed by atoms with van der Waals surface area (Å²) in [5.41, 5.74) is -2.00. The van der Waals surface area contributed by atoms with Crippen LogP contribution in [0.1, 0.15) is 105 Å². The van der Waals surface area contributed by atoms with Gasteiger partial charge in [-0.25, -0.2) is 9.59 Å². The molecule has 0 spiro atoms. The molecule has 5 aromatic rings. The molecule has 5 unspecified atom stereocenters. The topological polar surface area (TPSA) is 539 Å². The first kappa shape index (κ1) is 106. The summed E-state index contributed by atoms with van der Waals surface area (Å²) in [5.74, 6) is -0.398. The van der Waals surface area contributed by atoms with E-state index in [-0.39, 0.29) is 62.7 Å². The molecule has 0 aliphatic carbocycles. The van der Waals surface area contributed by atoms with Crippen molar-refractivity contribution in [2.24, 2.45) is 0 Å². The van der Waals surface area contributed by atoms with Gasteiger partial charge in [0.15, 0.2) is 34.5 Å². The molecule has 17 N–H and O–H groups in total. The number of H-pyrrole nitrogens is 4. The molecule has 45 heteroatoms. The minimum absolute atomic E-state index is 0.0417. The Hall–Kier alpha value is -4.92. The van der Waals surface area contributed by atoms with Crippen LogP contribution in [0.25, 0.3) is 0 Å². The fourth-order valence-corrected chi connectivity index (χ4v) is 19.4. The molecule has 20 atom stereocenters. The third-order valence-corrected chi connectivity index (χ3v) is 28.9. The van der Waals surface area contributed by atoms with Gasteiger partial charge in [0.1, 0.15) is 60.4 Å². The maximum atomic E-state index is 12.1. The van der Waals surface area contributed by atoms with Gasteiger partial charge in [0, 0.05) is 73.0 Å². The number of carbonyl (C=O) groups is 2. The number of aromatic amines is 4. The van der Waals surface area contributed by atoms with Crippen LogP contribution in [0.15, 0.2) is 64.5 Å². The molecule has 0 aromatic carbocycles. The first-order chi connectivity index (χ1) is 56.4. The van der Waals surface area contributed by atoms with E-state index in [0.717, 1.165) is 39.9 Å². The summed E-state index contributed by atoms with van der Waals surface area (Å²) in [4.78, 5) is 119. The summed E-state index contributed by atoms with van der Waals surface area (Å²) >= 11 is 13.1. The Labute approximate surface area is 727 Å². The molecular weight excluding hydrogens is 1790 g/mol. The normalized spacial score (nSPS) is 27.2. The fraction of sp³-hybridized carbons (Fsp3) is 0.649. The average Bonchev–Trinajstić information content (AvgIpc) is 1.73. The molecule has 1 radical (unpaired) electrons. The summed E-state index contributed by atoms with van der Waals surface area (Å²) in [7, 11) is 5.15. The molecular formula is C77H127N13O24P5S2Se. The van der Waals surface area contributed by atoms with Crippen LogP contribution in [0.4, 0.5) is 0 Å². The van der Waals surface area contributed by atoms with Crippen molar-refractivity contribution in [3.8, 4) is 0 Å². The predicted octanol–water partition coefficient (Wildman–Crippen LogP) is -2.06. The van der Waals surface area contributed by atoms with Gasteiger partial charge >= 0.3 is 161 Å². The zero-order valence-corrected chi connectivity index (χ0v) is 79.7. The average molecular weight is 1920 g/mol. The van der Waals surface area contributed by atoms with Gasteiger partial charge in [-0.2, -0.15) is 0 Å². The number of ether oxygens (including phenoxy) is 5. The van der Waals surface area contributed by atoms with Gasteiger partial charge in [-0.3, -0.25) is 67.0 Å². The third kappa shape index (κ3) is 30.4. The zero-order valence-electron chi connectivity index (χ0n) is 71.9. The Bertz CT molecular complexity index is 5020. The van der Waals surface area contributed by atoms with Crippen LogP contribution in [0.2, 0.25) is 0 Å². The van der Waals surface area contributed by atoms with Crippen molar-refractivity contribution in [3.63, 3.8) is 0 Å². The number of aliphatic hydroxyl groups excluding tert-OH is 10. The maximum absolute atomic E-state index is 12.1. The van der Waals surface area contributed by atoms with Gasteiger partial charge in [-0.1, -0.05) is 0 Å². The molecule has 5 aromatic heterocycles. The van der Waals surface area contributed by atoms with Crippen LogP contribution in [-0.4, -0.2) is 368 Å². The molecule has 0 saturated carbocycles. The molecule has 37 nitrogen and oxygen atoms in total. The quantitative estimate of drug-likeness (QED) is 0.0133. The number of nitrogens with one attached hydrogen (secondary N) is 7. The van der Waals surface area contributed by atoms with E-state index < -0.39 is 185 Å². The number of rotatable bonds is 30. The molecule has 5 saturated heterocycles. The van der Waals surface area contributed by atoms with Gasteiger partial charge < -0.3 is 70.4 Å². The summed E-state index contributed by atoms with van der Waals surface area (Å²) < 4.78 is 36.2. The number of aliphatic hydroxyl groups is 10. The molecule has 122 heavy (non-hydrogen) atoms. The van der Waals surface area contributed by atoms with Gasteiger partial charge in [0.2, 0.25) is 0 Å². The van der Waals surface area contributed by atoms with Gasteiger partial charge in [-0.15, -0.1) is 52.7 Å². The summed E-state index contributed by atoms with van der Waals surface area (Å²) in [6.07, 6.45) is 16.1. The van der Waals surface area contributed by atoms with E-state index in [4.69, 9.17) is 48.1 Å². The number of ketones is 2. The molecule has 10 heterocycles. The van der Waals surface area contributed by atoms with E-state index >= 15 is 0 Å². The zero-order chi connectivity index (χ0) is 92.1. The standard InChI is InChI=1S/C16H25N2O6P.C16H25N2O5PS.C15H26N3O5P.C15H26N3O4PS.C15H25N3O4PSe/c1-9(19)7-10-8-18(16(23)17-14(10)22)15-13(21)12(20)11(24-15)5-6-25(2,3)4;1-9(19)7-10-8-18(16(25)17-14(10)22)15-13(21)12(20)11(23-15)5-6-24(2,3)4;1-16-7-9-8-18(15(22)17-13(9)21)14-12(20)11(19)10(23-14)5-6-24(2,3)4;2*1-16-7-9-8-18(15(24)17-13(9)21)14-12(20)11(19)10(22-14)5-6-23(2,3)4/h8,11-13,15,20-21H,2,5-7H2,1,3-4H3,(H,17,22,23);8,11-13,15,20-21H,2,5-7H2,1,3-4H3,(H,17,22,25);8,10-12,14,16,19-20H,2,5-7H2,1,3-4H3,(H,17,21,22);8,10-12,14,16,19-20H,2,5-7H2,1,3-4H3,(H,17,21,24);8,10-12,14,16,19-20H,2,5-7H2,1,3-4H3/t2*11-,12-,13?,15-;3*10-,11-,12?,14-/m11111/s1. The molecule has 10 rings (SSSR count). The van der Waals surface area contributed by atoms with Gasteiger partial charge in [0.25, 0.3) is 22.2 Å². The van der Waals surface area contributed by atoms with E-state index in [1.54, 1.807) is 38.1 Å². The molecule has 5 fully saturated rings. The molecule has 0 amide bonds. The van der Waals surface area contributed by atoms with E-state index in [1.807, 2.05) is 0 Å². The van der Waals surface area contributed by atoms with Crippen molar-refractivity contribution in [1.82, 2.24) is 63.7 Å². The summed E-state index contributed by atoms with van der Waals surface area (Å²) in [6, 6.07) is 0. The number of aromatic nitrogens is 10. The summed E-state index contributed by atoms with van der Waals surface area (Å²) in [6.45, 7) is 18.3. The molecule has 5 aliphatic heterocycles. The van der Waals surface area contributed by atoms with E-state index in [9.17, 15) is 94.2 Å². The monoisotopic (exact) mass is 1920 g/mol. The second-order valence-electron chi connectivity index (χ2n) is 34.9. The predicted molar refractivity (Wildman–Crippen MR) is 492 cm³/mol. The fourth-order valence-electron chi connectivity index (χ4n) is 13.6. The van der Waals surface area contributed by atoms with Crippen LogP contribution in [0.3, 0.4) is 0 Å². The van der Waals surface area contributed by atoms with E-state index in [1.165, 1.54) is 41.6 Å². The number of hydrogen-bond donors (Lipinski definition) is 17. The Morgan fingerprint density at radius 3 is 0.885 bits per heavy atom. The Balaban J connectivity index is 0.000000236. The Morgan fingerprint density at radius 1 is 0.385 bits per heavy atom. The van der Waals surface area contributed by atoms with Crippen LogP contribution in [0.5, 0.6) is 0 Å². The van der Waals surface area contributed by atoms with Gasteiger partial charge in [0.05, 0.1) is 24.4 Å². The van der Waals surface area contributed by atoms with Crippen molar-refractivity contribution < 1.29 is 84.3 Å². The van der Waals surface area contributed by atoms with E-state index in [2.05, 4.69) is 155 Å². The first-order valence-electron chi connectivity index (χ1n) is 39.4. The summed E-state index contributed by atoms with van der Waals surface area (Å²) in [5, 5.41) is 112. The second-order valence-corrected chi connectivity index (χ2v) is 58.0. The van der Waals surface area contributed by atoms with Gasteiger partial charge in [-0.05, 0) is 156 Å². The van der Waals surface area contributed by atoms with Crippen molar-refractivity contribution in [2.75, 3.05) is 119 Å². The first-order valence-corrected chi connectivity index (χ1v) is 56.4. The minimum atomic E-state index is -1.32.